The van der Waals surface area contributed by atoms with Gasteiger partial charge in [0.1, 0.15) is 11.9 Å². The highest BCUT2D eigenvalue weighted by Crippen LogP contribution is 2.23. The summed E-state index contributed by atoms with van der Waals surface area (Å²) in [5, 5.41) is 2.57. The molecule has 1 heterocycles. The minimum absolute atomic E-state index is 0.285. The Hall–Kier alpha value is -2.96. The van der Waals surface area contributed by atoms with Crippen LogP contribution in [0.4, 0.5) is 4.39 Å². The number of rotatable bonds is 6. The molecule has 30 heavy (non-hydrogen) atoms. The van der Waals surface area contributed by atoms with Crippen molar-refractivity contribution in [2.75, 3.05) is 6.61 Å². The number of ketones is 1. The highest BCUT2D eigenvalue weighted by atomic mass is 19.1. The number of hydrogen-bond acceptors (Lipinski definition) is 4. The predicted molar refractivity (Wildman–Crippen MR) is 112 cm³/mol. The van der Waals surface area contributed by atoms with E-state index in [9.17, 15) is 18.8 Å². The lowest BCUT2D eigenvalue weighted by Gasteiger charge is -2.20. The molecule has 1 amide bonds. The molecule has 0 fully saturated rings. The molecule has 1 atom stereocenters. The lowest BCUT2D eigenvalue weighted by atomic mass is 9.95. The van der Waals surface area contributed by atoms with E-state index in [1.54, 1.807) is 57.4 Å². The van der Waals surface area contributed by atoms with Crippen molar-refractivity contribution in [2.24, 2.45) is 5.41 Å². The van der Waals surface area contributed by atoms with Crippen molar-refractivity contribution in [1.29, 1.82) is 0 Å². The van der Waals surface area contributed by atoms with E-state index in [1.165, 1.54) is 13.0 Å². The molecule has 0 unspecified atom stereocenters. The Labute approximate surface area is 176 Å². The summed E-state index contributed by atoms with van der Waals surface area (Å²) in [7, 11) is 0. The number of carbonyl (C=O) groups excluding carboxylic acids is 3. The van der Waals surface area contributed by atoms with Crippen molar-refractivity contribution < 1.29 is 23.5 Å². The molecule has 2 aromatic rings. The van der Waals surface area contributed by atoms with Crippen LogP contribution in [-0.4, -0.2) is 34.9 Å². The average molecular weight is 416 g/mol. The molecule has 0 aliphatic rings. The van der Waals surface area contributed by atoms with Gasteiger partial charge in [0.15, 0.2) is 6.61 Å². The molecular weight excluding hydrogens is 387 g/mol. The minimum Gasteiger partial charge on any atom is -0.456 e. The minimum atomic E-state index is -0.868. The third-order valence-corrected chi connectivity index (χ3v) is 4.87. The number of ether oxygens (including phenoxy) is 1. The summed E-state index contributed by atoms with van der Waals surface area (Å²) in [4.78, 5) is 36.8. The van der Waals surface area contributed by atoms with E-state index < -0.39 is 24.0 Å². The highest BCUT2D eigenvalue weighted by molar-refractivity contribution is 5.99. The van der Waals surface area contributed by atoms with Gasteiger partial charge in [0.05, 0.1) is 0 Å². The summed E-state index contributed by atoms with van der Waals surface area (Å²) in [5.41, 5.74) is 2.30. The Morgan fingerprint density at radius 1 is 1.13 bits per heavy atom. The molecule has 7 heteroatoms. The first-order valence-electron chi connectivity index (χ1n) is 9.79. The van der Waals surface area contributed by atoms with E-state index in [1.807, 2.05) is 6.92 Å². The maximum atomic E-state index is 14.0. The van der Waals surface area contributed by atoms with Gasteiger partial charge in [0.2, 0.25) is 11.7 Å². The van der Waals surface area contributed by atoms with Gasteiger partial charge in [-0.15, -0.1) is 0 Å². The Kier molecular flexibility index (Phi) is 6.85. The van der Waals surface area contributed by atoms with Gasteiger partial charge in [-0.2, -0.15) is 0 Å². The maximum absolute atomic E-state index is 14.0. The number of esters is 1. The van der Waals surface area contributed by atoms with E-state index in [4.69, 9.17) is 4.74 Å². The Bertz CT molecular complexity index is 986. The number of nitrogens with zero attached hydrogens (tertiary/aromatic N) is 1. The van der Waals surface area contributed by atoms with E-state index in [0.717, 1.165) is 5.69 Å². The third kappa shape index (κ3) is 5.14. The molecular formula is C23H29FN2O4. The second-order valence-electron chi connectivity index (χ2n) is 8.53. The van der Waals surface area contributed by atoms with E-state index >= 15 is 0 Å². The van der Waals surface area contributed by atoms with Crippen LogP contribution < -0.4 is 5.32 Å². The molecule has 6 nitrogen and oxygen atoms in total. The molecule has 0 spiro atoms. The number of hydrogen-bond donors (Lipinski definition) is 1. The Balaban J connectivity index is 2.10. The molecule has 0 saturated heterocycles. The first kappa shape index (κ1) is 23.3. The van der Waals surface area contributed by atoms with Crippen LogP contribution in [0.15, 0.2) is 24.3 Å². The zero-order valence-corrected chi connectivity index (χ0v) is 18.6. The average Bonchev–Trinajstić information content (AvgIpc) is 2.95. The lowest BCUT2D eigenvalue weighted by molar-refractivity contribution is -0.147. The fourth-order valence-corrected chi connectivity index (χ4v) is 2.97. The van der Waals surface area contributed by atoms with Crippen LogP contribution in [0.5, 0.6) is 0 Å². The molecule has 0 radical (unpaired) electrons. The molecule has 1 N–H and O–H groups in total. The van der Waals surface area contributed by atoms with Gasteiger partial charge in [-0.05, 0) is 51.5 Å². The molecule has 0 bridgehead atoms. The van der Waals surface area contributed by atoms with Gasteiger partial charge >= 0.3 is 5.97 Å². The van der Waals surface area contributed by atoms with E-state index in [2.05, 4.69) is 5.32 Å². The topological polar surface area (TPSA) is 77.4 Å². The van der Waals surface area contributed by atoms with Crippen molar-refractivity contribution in [3.8, 4) is 5.69 Å². The van der Waals surface area contributed by atoms with Gasteiger partial charge in [-0.1, -0.05) is 26.8 Å². The number of halogens is 1. The zero-order valence-electron chi connectivity index (χ0n) is 18.6. The highest BCUT2D eigenvalue weighted by Gasteiger charge is 2.26. The maximum Gasteiger partial charge on any atom is 0.328 e. The summed E-state index contributed by atoms with van der Waals surface area (Å²) in [6, 6.07) is 5.70. The number of Topliss-reactive ketones (excluding diaryl/α,β-unsaturated/α-hetero) is 1. The lowest BCUT2D eigenvalue weighted by Crippen LogP contribution is -2.45. The van der Waals surface area contributed by atoms with Crippen LogP contribution in [0.25, 0.3) is 5.69 Å². The van der Waals surface area contributed by atoms with Crippen LogP contribution in [0, 0.1) is 32.0 Å². The molecule has 0 aliphatic carbocycles. The number of benzene rings is 1. The van der Waals surface area contributed by atoms with E-state index in [-0.39, 0.29) is 17.5 Å². The van der Waals surface area contributed by atoms with Gasteiger partial charge in [-0.3, -0.25) is 9.59 Å². The Morgan fingerprint density at radius 2 is 1.77 bits per heavy atom. The fraction of sp³-hybridized carbons (Fsp3) is 0.435. The van der Waals surface area contributed by atoms with Crippen molar-refractivity contribution in [3.05, 3.63) is 52.6 Å². The quantitative estimate of drug-likeness (QED) is 0.574. The molecule has 162 valence electrons. The number of carbonyl (C=O) groups is 3. The molecule has 0 saturated carbocycles. The second kappa shape index (κ2) is 8.81. The van der Waals surface area contributed by atoms with Gasteiger partial charge in [0, 0.05) is 28.1 Å². The number of amides is 1. The van der Waals surface area contributed by atoms with Crippen LogP contribution in [0.2, 0.25) is 0 Å². The second-order valence-corrected chi connectivity index (χ2v) is 8.53. The van der Waals surface area contributed by atoms with Crippen LogP contribution in [0.1, 0.15) is 55.0 Å². The van der Waals surface area contributed by atoms with Crippen molar-refractivity contribution in [2.45, 2.75) is 54.5 Å². The SMILES string of the molecule is Cc1ccc(-n2c(C)cc(C(=O)COC(=O)[C@H](C)NC(=O)C(C)(C)C)c2C)cc1F. The number of nitrogens with one attached hydrogen (secondary N) is 1. The van der Waals surface area contributed by atoms with Crippen molar-refractivity contribution in [1.82, 2.24) is 9.88 Å². The largest absolute Gasteiger partial charge is 0.456 e. The molecule has 1 aromatic heterocycles. The van der Waals surface area contributed by atoms with E-state index in [0.29, 0.717) is 22.5 Å². The first-order valence-corrected chi connectivity index (χ1v) is 9.79. The molecule has 1 aromatic carbocycles. The first-order chi connectivity index (χ1) is 13.8. The normalized spacial score (nSPS) is 12.4. The summed E-state index contributed by atoms with van der Waals surface area (Å²) < 4.78 is 20.9. The number of aryl methyl sites for hydroxylation is 2. The fourth-order valence-electron chi connectivity index (χ4n) is 2.97. The Morgan fingerprint density at radius 3 is 2.33 bits per heavy atom. The summed E-state index contributed by atoms with van der Waals surface area (Å²) in [6.45, 7) is 11.5. The monoisotopic (exact) mass is 416 g/mol. The van der Waals surface area contributed by atoms with Crippen molar-refractivity contribution in [3.63, 3.8) is 0 Å². The number of aromatic nitrogens is 1. The third-order valence-electron chi connectivity index (χ3n) is 4.87. The molecule has 0 aliphatic heterocycles. The summed E-state index contributed by atoms with van der Waals surface area (Å²) in [6.07, 6.45) is 0. The predicted octanol–water partition coefficient (Wildman–Crippen LogP) is 3.82. The van der Waals surface area contributed by atoms with Crippen LogP contribution in [0.3, 0.4) is 0 Å². The summed E-state index contributed by atoms with van der Waals surface area (Å²) in [5.74, 6) is -1.67. The van der Waals surface area contributed by atoms with Gasteiger partial charge < -0.3 is 14.6 Å². The summed E-state index contributed by atoms with van der Waals surface area (Å²) >= 11 is 0. The molecule has 2 rings (SSSR count). The van der Waals surface area contributed by atoms with Crippen LogP contribution in [-0.2, 0) is 14.3 Å². The van der Waals surface area contributed by atoms with Gasteiger partial charge in [-0.25, -0.2) is 9.18 Å². The van der Waals surface area contributed by atoms with Crippen molar-refractivity contribution >= 4 is 17.7 Å². The zero-order chi connectivity index (χ0) is 22.8. The van der Waals surface area contributed by atoms with Crippen LogP contribution >= 0.6 is 0 Å². The smallest absolute Gasteiger partial charge is 0.328 e. The standard InChI is InChI=1S/C23H29FN2O4/c1-13-8-9-17(11-19(13)24)26-14(2)10-18(16(26)4)20(27)12-30-21(28)15(3)25-22(29)23(5,6)7/h8-11,15H,12H2,1-7H3,(H,25,29)/t15-/m0/s1. The van der Waals surface area contributed by atoms with Gasteiger partial charge in [0.25, 0.3) is 0 Å².